The van der Waals surface area contributed by atoms with Crippen LogP contribution in [-0.2, 0) is 9.59 Å². The highest BCUT2D eigenvalue weighted by atomic mass is 32.1. The van der Waals surface area contributed by atoms with E-state index in [1.165, 1.54) is 23.6 Å². The molecule has 0 aliphatic rings. The largest absolute Gasteiger partial charge is 0.476 e. The Kier molecular flexibility index (Phi) is 4.99. The van der Waals surface area contributed by atoms with Crippen molar-refractivity contribution >= 4 is 34.8 Å². The molecule has 0 aliphatic carbocycles. The number of nitrogens with zero attached hydrogens (tertiary/aromatic N) is 1. The maximum absolute atomic E-state index is 12.2. The molecular formula is C16H17N3O4S. The third-order valence-electron chi connectivity index (χ3n) is 3.17. The van der Waals surface area contributed by atoms with Gasteiger partial charge in [-0.25, -0.2) is 9.78 Å². The summed E-state index contributed by atoms with van der Waals surface area (Å²) in [6.45, 7) is 4.57. The van der Waals surface area contributed by atoms with Crippen LogP contribution in [0.25, 0.3) is 10.6 Å². The van der Waals surface area contributed by atoms with Gasteiger partial charge in [-0.1, -0.05) is 0 Å². The molecule has 2 rings (SSSR count). The Labute approximate surface area is 142 Å². The highest BCUT2D eigenvalue weighted by molar-refractivity contribution is 7.13. The number of carboxylic acids is 1. The summed E-state index contributed by atoms with van der Waals surface area (Å²) in [7, 11) is 0. The fourth-order valence-electron chi connectivity index (χ4n) is 1.98. The number of benzene rings is 1. The van der Waals surface area contributed by atoms with Gasteiger partial charge < -0.3 is 15.7 Å². The number of nitrogens with one attached hydrogen (secondary N) is 2. The number of rotatable bonds is 5. The van der Waals surface area contributed by atoms with Crippen LogP contribution in [0.1, 0.15) is 31.3 Å². The van der Waals surface area contributed by atoms with E-state index in [1.54, 1.807) is 38.1 Å². The summed E-state index contributed by atoms with van der Waals surface area (Å²) in [5.74, 6) is -1.70. The van der Waals surface area contributed by atoms with E-state index in [0.717, 1.165) is 5.56 Å². The van der Waals surface area contributed by atoms with Crippen LogP contribution in [-0.4, -0.2) is 33.4 Å². The van der Waals surface area contributed by atoms with E-state index in [2.05, 4.69) is 15.6 Å². The summed E-state index contributed by atoms with van der Waals surface area (Å²) in [6, 6.07) is 6.87. The Balaban J connectivity index is 2.10. The number of anilines is 1. The Morgan fingerprint density at radius 3 is 2.29 bits per heavy atom. The topological polar surface area (TPSA) is 108 Å². The first-order valence-corrected chi connectivity index (χ1v) is 7.96. The van der Waals surface area contributed by atoms with Gasteiger partial charge in [-0.2, -0.15) is 0 Å². The number of aromatic carboxylic acids is 1. The zero-order valence-electron chi connectivity index (χ0n) is 13.4. The molecule has 126 valence electrons. The van der Waals surface area contributed by atoms with Crippen molar-refractivity contribution in [2.75, 3.05) is 5.32 Å². The van der Waals surface area contributed by atoms with E-state index in [9.17, 15) is 14.4 Å². The van der Waals surface area contributed by atoms with Gasteiger partial charge in [0.15, 0.2) is 5.69 Å². The second-order valence-electron chi connectivity index (χ2n) is 5.68. The molecule has 0 aliphatic heterocycles. The predicted molar refractivity (Wildman–Crippen MR) is 91.0 cm³/mol. The molecule has 24 heavy (non-hydrogen) atoms. The zero-order chi connectivity index (χ0) is 17.9. The molecule has 0 radical (unpaired) electrons. The van der Waals surface area contributed by atoms with Gasteiger partial charge in [-0.3, -0.25) is 9.59 Å². The van der Waals surface area contributed by atoms with Crippen molar-refractivity contribution in [1.82, 2.24) is 10.3 Å². The molecule has 2 amide bonds. The summed E-state index contributed by atoms with van der Waals surface area (Å²) in [4.78, 5) is 38.2. The standard InChI is InChI=1S/C16H17N3O4S/c1-9(20)19-16(2,3)15(23)17-11-6-4-10(5-7-11)13-18-12(8-24-13)14(21)22/h4-8H,1-3H3,(H,17,23)(H,19,20)(H,21,22). The van der Waals surface area contributed by atoms with Crippen LogP contribution in [0.15, 0.2) is 29.6 Å². The van der Waals surface area contributed by atoms with Crippen LogP contribution in [0.2, 0.25) is 0 Å². The highest BCUT2D eigenvalue weighted by Gasteiger charge is 2.28. The second kappa shape index (κ2) is 6.79. The lowest BCUT2D eigenvalue weighted by Gasteiger charge is -2.24. The van der Waals surface area contributed by atoms with Gasteiger partial charge in [0.2, 0.25) is 11.8 Å². The van der Waals surface area contributed by atoms with Crippen LogP contribution in [0.5, 0.6) is 0 Å². The first kappa shape index (κ1) is 17.6. The van der Waals surface area contributed by atoms with E-state index in [4.69, 9.17) is 5.11 Å². The van der Waals surface area contributed by atoms with E-state index in [0.29, 0.717) is 10.7 Å². The van der Waals surface area contributed by atoms with E-state index in [-0.39, 0.29) is 17.5 Å². The van der Waals surface area contributed by atoms with Crippen molar-refractivity contribution in [2.24, 2.45) is 0 Å². The molecule has 1 aromatic carbocycles. The summed E-state index contributed by atoms with van der Waals surface area (Å²) < 4.78 is 0. The summed E-state index contributed by atoms with van der Waals surface area (Å²) in [6.07, 6.45) is 0. The molecule has 0 fully saturated rings. The number of thiazole rings is 1. The summed E-state index contributed by atoms with van der Waals surface area (Å²) in [5, 5.41) is 16.3. The Morgan fingerprint density at radius 2 is 1.79 bits per heavy atom. The minimum absolute atomic E-state index is 0.00411. The van der Waals surface area contributed by atoms with Gasteiger partial charge in [0.1, 0.15) is 10.5 Å². The van der Waals surface area contributed by atoms with Gasteiger partial charge in [-0.15, -0.1) is 11.3 Å². The van der Waals surface area contributed by atoms with Crippen LogP contribution >= 0.6 is 11.3 Å². The van der Waals surface area contributed by atoms with Crippen molar-refractivity contribution in [3.63, 3.8) is 0 Å². The monoisotopic (exact) mass is 347 g/mol. The Morgan fingerprint density at radius 1 is 1.17 bits per heavy atom. The predicted octanol–water partition coefficient (Wildman–Crippen LogP) is 2.36. The Bertz CT molecular complexity index is 781. The minimum Gasteiger partial charge on any atom is -0.476 e. The number of amides is 2. The molecule has 0 saturated carbocycles. The molecule has 3 N–H and O–H groups in total. The van der Waals surface area contributed by atoms with Crippen LogP contribution in [0.4, 0.5) is 5.69 Å². The van der Waals surface area contributed by atoms with Crippen molar-refractivity contribution in [3.8, 4) is 10.6 Å². The summed E-state index contributed by atoms with van der Waals surface area (Å²) >= 11 is 1.24. The lowest BCUT2D eigenvalue weighted by Crippen LogP contribution is -2.51. The average molecular weight is 347 g/mol. The van der Waals surface area contributed by atoms with Gasteiger partial charge in [0, 0.05) is 23.6 Å². The normalized spacial score (nSPS) is 11.0. The second-order valence-corrected chi connectivity index (χ2v) is 6.54. The summed E-state index contributed by atoms with van der Waals surface area (Å²) in [5.41, 5.74) is 0.296. The zero-order valence-corrected chi connectivity index (χ0v) is 14.2. The maximum atomic E-state index is 12.2. The number of carboxylic acid groups (broad SMARTS) is 1. The molecule has 0 atom stereocenters. The number of carbonyl (C=O) groups excluding carboxylic acids is 2. The van der Waals surface area contributed by atoms with E-state index in [1.807, 2.05) is 0 Å². The van der Waals surface area contributed by atoms with Crippen molar-refractivity contribution in [2.45, 2.75) is 26.3 Å². The fourth-order valence-corrected chi connectivity index (χ4v) is 2.78. The number of hydrogen-bond acceptors (Lipinski definition) is 5. The molecule has 0 bridgehead atoms. The third kappa shape index (κ3) is 4.17. The van der Waals surface area contributed by atoms with Crippen LogP contribution in [0, 0.1) is 0 Å². The van der Waals surface area contributed by atoms with Gasteiger partial charge in [0.25, 0.3) is 0 Å². The first-order valence-electron chi connectivity index (χ1n) is 7.08. The lowest BCUT2D eigenvalue weighted by molar-refractivity contribution is -0.128. The number of hydrogen-bond donors (Lipinski definition) is 3. The van der Waals surface area contributed by atoms with Gasteiger partial charge in [-0.05, 0) is 38.1 Å². The number of carbonyl (C=O) groups is 3. The fraction of sp³-hybridized carbons (Fsp3) is 0.250. The molecule has 1 heterocycles. The van der Waals surface area contributed by atoms with Gasteiger partial charge >= 0.3 is 5.97 Å². The minimum atomic E-state index is -1.07. The molecule has 7 nitrogen and oxygen atoms in total. The van der Waals surface area contributed by atoms with Crippen LogP contribution in [0.3, 0.4) is 0 Å². The molecular weight excluding hydrogens is 330 g/mol. The maximum Gasteiger partial charge on any atom is 0.355 e. The highest BCUT2D eigenvalue weighted by Crippen LogP contribution is 2.25. The molecule has 0 saturated heterocycles. The lowest BCUT2D eigenvalue weighted by atomic mass is 10.0. The average Bonchev–Trinajstić information content (AvgIpc) is 2.96. The first-order chi connectivity index (χ1) is 11.2. The molecule has 0 unspecified atom stereocenters. The molecule has 0 spiro atoms. The van der Waals surface area contributed by atoms with Crippen molar-refractivity contribution in [3.05, 3.63) is 35.3 Å². The molecule has 2 aromatic rings. The van der Waals surface area contributed by atoms with Crippen molar-refractivity contribution in [1.29, 1.82) is 0 Å². The molecule has 8 heteroatoms. The quantitative estimate of drug-likeness (QED) is 0.769. The number of aromatic nitrogens is 1. The van der Waals surface area contributed by atoms with E-state index < -0.39 is 11.5 Å². The Hall–Kier alpha value is -2.74. The van der Waals surface area contributed by atoms with E-state index >= 15 is 0 Å². The van der Waals surface area contributed by atoms with Crippen LogP contribution < -0.4 is 10.6 Å². The van der Waals surface area contributed by atoms with Gasteiger partial charge in [0.05, 0.1) is 0 Å². The SMILES string of the molecule is CC(=O)NC(C)(C)C(=O)Nc1ccc(-c2nc(C(=O)O)cs2)cc1. The third-order valence-corrected chi connectivity index (χ3v) is 4.06. The van der Waals surface area contributed by atoms with Crippen molar-refractivity contribution < 1.29 is 19.5 Å². The molecule has 1 aromatic heterocycles. The smallest absolute Gasteiger partial charge is 0.355 e.